The molecule has 45 heavy (non-hydrogen) atoms. The molecule has 3 aromatic heterocycles. The highest BCUT2D eigenvalue weighted by Crippen LogP contribution is 2.42. The van der Waals surface area contributed by atoms with Gasteiger partial charge in [-0.05, 0) is 72.9 Å². The molecule has 3 aromatic carbocycles. The minimum Gasteiger partial charge on any atom is -0.497 e. The molecule has 6 rings (SSSR count). The van der Waals surface area contributed by atoms with Gasteiger partial charge in [0.2, 0.25) is 0 Å². The average Bonchev–Trinajstić information content (AvgIpc) is 3.45. The van der Waals surface area contributed by atoms with Gasteiger partial charge in [-0.15, -0.1) is 11.3 Å². The average molecular weight is 622 g/mol. The molecule has 8 nitrogen and oxygen atoms in total. The standard InChI is InChI=1S/C36H35N3O5S/c1-23-20-24(2)38-34-31(23)32-33(45-34)35(41)39(22-37-32)19-18-28(40)21-44-36(25-8-6-5-7-9-25,26-10-14-29(42-3)15-11-26)27-12-16-30(43-4)17-13-27/h5-17,20,22,28,40H,18-19,21H2,1-4H3/t28-/m0/s1. The van der Waals surface area contributed by atoms with E-state index in [-0.39, 0.29) is 18.7 Å². The number of ether oxygens (including phenoxy) is 3. The lowest BCUT2D eigenvalue weighted by molar-refractivity contribution is -0.0410. The fraction of sp³-hybridized carbons (Fsp3) is 0.250. The molecule has 1 atom stereocenters. The third kappa shape index (κ3) is 5.82. The quantitative estimate of drug-likeness (QED) is 0.167. The van der Waals surface area contributed by atoms with Crippen molar-refractivity contribution in [3.63, 3.8) is 0 Å². The van der Waals surface area contributed by atoms with Crippen LogP contribution in [0.4, 0.5) is 0 Å². The zero-order valence-corrected chi connectivity index (χ0v) is 26.5. The Balaban J connectivity index is 1.30. The van der Waals surface area contributed by atoms with Crippen LogP contribution in [-0.2, 0) is 16.9 Å². The van der Waals surface area contributed by atoms with Gasteiger partial charge in [-0.1, -0.05) is 54.6 Å². The van der Waals surface area contributed by atoms with Crippen LogP contribution >= 0.6 is 11.3 Å². The van der Waals surface area contributed by atoms with Crippen molar-refractivity contribution in [1.82, 2.24) is 14.5 Å². The van der Waals surface area contributed by atoms with Crippen LogP contribution in [0.5, 0.6) is 11.5 Å². The third-order valence-corrected chi connectivity index (χ3v) is 9.17. The van der Waals surface area contributed by atoms with Gasteiger partial charge in [-0.25, -0.2) is 9.97 Å². The Bertz CT molecular complexity index is 1940. The molecule has 0 aliphatic rings. The number of methoxy groups -OCH3 is 2. The minimum absolute atomic E-state index is 0.0165. The molecule has 0 amide bonds. The lowest BCUT2D eigenvalue weighted by Crippen LogP contribution is -2.36. The molecule has 230 valence electrons. The van der Waals surface area contributed by atoms with Crippen LogP contribution in [0.15, 0.2) is 96.1 Å². The van der Waals surface area contributed by atoms with E-state index in [0.29, 0.717) is 16.6 Å². The minimum atomic E-state index is -1.04. The molecule has 0 bridgehead atoms. The SMILES string of the molecule is COc1ccc(C(OC[C@@H](O)CCn2cnc3c(sc4nc(C)cc(C)c43)c2=O)(c2ccccc2)c2ccc(OC)cc2)cc1. The molecular formula is C36H35N3O5S. The number of pyridine rings is 1. The Labute approximate surface area is 265 Å². The maximum Gasteiger partial charge on any atom is 0.271 e. The maximum atomic E-state index is 13.5. The zero-order valence-electron chi connectivity index (χ0n) is 25.7. The van der Waals surface area contributed by atoms with E-state index in [1.165, 1.54) is 11.3 Å². The highest BCUT2D eigenvalue weighted by molar-refractivity contribution is 7.25. The van der Waals surface area contributed by atoms with E-state index in [9.17, 15) is 9.90 Å². The molecule has 0 saturated carbocycles. The van der Waals surface area contributed by atoms with Crippen LogP contribution in [0.25, 0.3) is 20.4 Å². The van der Waals surface area contributed by atoms with Gasteiger partial charge in [0.1, 0.15) is 26.6 Å². The Morgan fingerprint density at radius 2 is 1.49 bits per heavy atom. The Hall–Kier alpha value is -4.57. The number of hydrogen-bond acceptors (Lipinski definition) is 8. The summed E-state index contributed by atoms with van der Waals surface area (Å²) < 4.78 is 19.8. The maximum absolute atomic E-state index is 13.5. The Kier molecular flexibility index (Phi) is 8.67. The lowest BCUT2D eigenvalue weighted by atomic mass is 9.80. The normalized spacial score (nSPS) is 12.5. The zero-order chi connectivity index (χ0) is 31.6. The molecule has 6 aromatic rings. The number of benzene rings is 3. The third-order valence-electron chi connectivity index (χ3n) is 8.11. The van der Waals surface area contributed by atoms with E-state index >= 15 is 0 Å². The number of aromatic nitrogens is 3. The van der Waals surface area contributed by atoms with Gasteiger partial charge in [0.25, 0.3) is 5.56 Å². The second-order valence-corrected chi connectivity index (χ2v) is 12.0. The molecule has 3 heterocycles. The van der Waals surface area contributed by atoms with Crippen molar-refractivity contribution >= 4 is 31.8 Å². The van der Waals surface area contributed by atoms with E-state index < -0.39 is 11.7 Å². The molecule has 0 aliphatic carbocycles. The van der Waals surface area contributed by atoms with Crippen LogP contribution in [0.1, 0.15) is 34.4 Å². The summed E-state index contributed by atoms with van der Waals surface area (Å²) in [5, 5.41) is 12.2. The number of aliphatic hydroxyl groups is 1. The van der Waals surface area contributed by atoms with Crippen LogP contribution in [0.2, 0.25) is 0 Å². The van der Waals surface area contributed by atoms with Crippen LogP contribution < -0.4 is 15.0 Å². The fourth-order valence-corrected chi connectivity index (χ4v) is 7.03. The molecule has 0 unspecified atom stereocenters. The Morgan fingerprint density at radius 3 is 2.09 bits per heavy atom. The second kappa shape index (κ2) is 12.8. The first-order valence-electron chi connectivity index (χ1n) is 14.8. The summed E-state index contributed by atoms with van der Waals surface area (Å²) >= 11 is 1.36. The number of fused-ring (bicyclic) bond motifs is 3. The molecule has 0 spiro atoms. The van der Waals surface area contributed by atoms with Gasteiger partial charge in [-0.2, -0.15) is 0 Å². The van der Waals surface area contributed by atoms with Gasteiger partial charge >= 0.3 is 0 Å². The van der Waals surface area contributed by atoms with Crippen molar-refractivity contribution in [2.45, 2.75) is 38.5 Å². The second-order valence-electron chi connectivity index (χ2n) is 11.0. The van der Waals surface area contributed by atoms with E-state index in [0.717, 1.165) is 49.7 Å². The summed E-state index contributed by atoms with van der Waals surface area (Å²) in [6.45, 7) is 4.26. The first-order valence-corrected chi connectivity index (χ1v) is 15.6. The van der Waals surface area contributed by atoms with Gasteiger partial charge < -0.3 is 19.3 Å². The highest BCUT2D eigenvalue weighted by atomic mass is 32.1. The molecule has 0 fully saturated rings. The number of nitrogens with zero attached hydrogens (tertiary/aromatic N) is 3. The summed E-state index contributed by atoms with van der Waals surface area (Å²) in [6.07, 6.45) is 0.998. The number of rotatable bonds is 11. The van der Waals surface area contributed by atoms with Crippen LogP contribution in [-0.4, -0.2) is 46.6 Å². The van der Waals surface area contributed by atoms with Gasteiger partial charge in [-0.3, -0.25) is 9.36 Å². The van der Waals surface area contributed by atoms with E-state index in [4.69, 9.17) is 14.2 Å². The first-order chi connectivity index (χ1) is 21.8. The Morgan fingerprint density at radius 1 is 0.889 bits per heavy atom. The molecule has 9 heteroatoms. The van der Waals surface area contributed by atoms with Gasteiger partial charge in [0.15, 0.2) is 0 Å². The smallest absolute Gasteiger partial charge is 0.271 e. The van der Waals surface area contributed by atoms with Crippen molar-refractivity contribution in [3.8, 4) is 11.5 Å². The summed E-state index contributed by atoms with van der Waals surface area (Å²) in [7, 11) is 3.27. The monoisotopic (exact) mass is 621 g/mol. The fourth-order valence-electron chi connectivity index (χ4n) is 5.83. The highest BCUT2D eigenvalue weighted by Gasteiger charge is 2.38. The molecular weight excluding hydrogens is 586 g/mol. The van der Waals surface area contributed by atoms with E-state index in [1.54, 1.807) is 25.1 Å². The molecule has 0 saturated heterocycles. The topological polar surface area (TPSA) is 95.7 Å². The van der Waals surface area contributed by atoms with Crippen molar-refractivity contribution < 1.29 is 19.3 Å². The predicted octanol–water partition coefficient (Wildman–Crippen LogP) is 6.40. The van der Waals surface area contributed by atoms with Crippen molar-refractivity contribution in [1.29, 1.82) is 0 Å². The van der Waals surface area contributed by atoms with E-state index in [1.807, 2.05) is 98.8 Å². The molecule has 1 N–H and O–H groups in total. The summed E-state index contributed by atoms with van der Waals surface area (Å²) in [5.41, 5.74) is 4.12. The van der Waals surface area contributed by atoms with Crippen molar-refractivity contribution in [2.75, 3.05) is 20.8 Å². The number of aliphatic hydroxyl groups excluding tert-OH is 1. The van der Waals surface area contributed by atoms with Crippen LogP contribution in [0.3, 0.4) is 0 Å². The summed E-state index contributed by atoms with van der Waals surface area (Å²) in [4.78, 5) is 23.5. The molecule has 0 radical (unpaired) electrons. The van der Waals surface area contributed by atoms with E-state index in [2.05, 4.69) is 9.97 Å². The lowest BCUT2D eigenvalue weighted by Gasteiger charge is -2.36. The molecule has 0 aliphatic heterocycles. The summed E-state index contributed by atoms with van der Waals surface area (Å²) in [6, 6.07) is 27.5. The van der Waals surface area contributed by atoms with Gasteiger partial charge in [0, 0.05) is 17.6 Å². The first kappa shape index (κ1) is 30.5. The van der Waals surface area contributed by atoms with Crippen LogP contribution in [0, 0.1) is 13.8 Å². The van der Waals surface area contributed by atoms with Crippen molar-refractivity contribution in [2.24, 2.45) is 0 Å². The number of hydrogen-bond donors (Lipinski definition) is 1. The summed E-state index contributed by atoms with van der Waals surface area (Å²) in [5.74, 6) is 1.46. The number of thiophene rings is 1. The number of aryl methyl sites for hydroxylation is 3. The van der Waals surface area contributed by atoms with Gasteiger partial charge in [0.05, 0.1) is 38.8 Å². The predicted molar refractivity (Wildman–Crippen MR) is 178 cm³/mol. The van der Waals surface area contributed by atoms with Crippen molar-refractivity contribution in [3.05, 3.63) is 130 Å². The largest absolute Gasteiger partial charge is 0.497 e.